The molecule has 82 valence electrons. The number of hydrogen-bond acceptors (Lipinski definition) is 3. The quantitative estimate of drug-likeness (QED) is 0.824. The van der Waals surface area contributed by atoms with Gasteiger partial charge in [-0.3, -0.25) is 0 Å². The molecule has 3 nitrogen and oxygen atoms in total. The third-order valence-corrected chi connectivity index (χ3v) is 2.63. The number of nitrogens with one attached hydrogen (secondary N) is 2. The summed E-state index contributed by atoms with van der Waals surface area (Å²) in [6.07, 6.45) is 0.259. The summed E-state index contributed by atoms with van der Waals surface area (Å²) in [5, 5.41) is 7.37. The van der Waals surface area contributed by atoms with E-state index < -0.39 is 0 Å². The molecule has 0 amide bonds. The molecule has 1 fully saturated rings. The van der Waals surface area contributed by atoms with E-state index >= 15 is 0 Å². The molecule has 0 aliphatic carbocycles. The molecule has 1 saturated heterocycles. The molecule has 1 aliphatic rings. The van der Waals surface area contributed by atoms with Crippen LogP contribution in [0.25, 0.3) is 0 Å². The highest BCUT2D eigenvalue weighted by Crippen LogP contribution is 2.13. The van der Waals surface area contributed by atoms with Crippen molar-refractivity contribution in [2.24, 2.45) is 0 Å². The number of halogens is 1. The fourth-order valence-electron chi connectivity index (χ4n) is 1.55. The van der Waals surface area contributed by atoms with E-state index in [-0.39, 0.29) is 6.10 Å². The second kappa shape index (κ2) is 5.35. The molecule has 15 heavy (non-hydrogen) atoms. The van der Waals surface area contributed by atoms with E-state index in [1.54, 1.807) is 0 Å². The van der Waals surface area contributed by atoms with Crippen molar-refractivity contribution in [2.45, 2.75) is 6.10 Å². The first kappa shape index (κ1) is 10.7. The third kappa shape index (κ3) is 3.38. The Kier molecular flexibility index (Phi) is 3.83. The van der Waals surface area contributed by atoms with Crippen LogP contribution in [-0.4, -0.2) is 32.3 Å². The van der Waals surface area contributed by atoms with Gasteiger partial charge in [-0.1, -0.05) is 11.6 Å². The predicted octanol–water partition coefficient (Wildman–Crippen LogP) is 1.74. The van der Waals surface area contributed by atoms with E-state index in [9.17, 15) is 0 Å². The van der Waals surface area contributed by atoms with Crippen LogP contribution in [0.15, 0.2) is 24.3 Å². The Balaban J connectivity index is 1.79. The number of ether oxygens (including phenoxy) is 1. The highest BCUT2D eigenvalue weighted by Gasteiger charge is 2.12. The molecule has 0 radical (unpaired) electrons. The highest BCUT2D eigenvalue weighted by molar-refractivity contribution is 6.30. The van der Waals surface area contributed by atoms with Gasteiger partial charge in [0, 0.05) is 30.3 Å². The summed E-state index contributed by atoms with van der Waals surface area (Å²) >= 11 is 5.80. The average Bonchev–Trinajstić information content (AvgIpc) is 2.30. The molecule has 4 heteroatoms. The molecule has 0 saturated carbocycles. The molecule has 0 aromatic heterocycles. The normalized spacial score (nSPS) is 21.3. The molecule has 1 aromatic rings. The minimum Gasteiger partial charge on any atom is -0.382 e. The summed E-state index contributed by atoms with van der Waals surface area (Å²) in [7, 11) is 0. The zero-order valence-electron chi connectivity index (χ0n) is 8.50. The lowest BCUT2D eigenvalue weighted by Gasteiger charge is -2.24. The number of hydrogen-bond donors (Lipinski definition) is 2. The number of anilines is 1. The summed E-state index contributed by atoms with van der Waals surface area (Å²) in [5.74, 6) is 0. The standard InChI is InChI=1S/C11H15ClN2O/c12-9-1-3-10(4-2-9)14-8-11-7-13-5-6-15-11/h1-4,11,13-14H,5-8H2. The van der Waals surface area contributed by atoms with E-state index in [1.807, 2.05) is 24.3 Å². The van der Waals surface area contributed by atoms with Crippen LogP contribution >= 0.6 is 11.6 Å². The summed E-state index contributed by atoms with van der Waals surface area (Å²) in [6, 6.07) is 7.70. The van der Waals surface area contributed by atoms with Crippen LogP contribution in [0.4, 0.5) is 5.69 Å². The van der Waals surface area contributed by atoms with E-state index in [1.165, 1.54) is 0 Å². The fourth-order valence-corrected chi connectivity index (χ4v) is 1.68. The van der Waals surface area contributed by atoms with Crippen molar-refractivity contribution in [3.8, 4) is 0 Å². The molecule has 0 spiro atoms. The SMILES string of the molecule is Clc1ccc(NCC2CNCCO2)cc1. The third-order valence-electron chi connectivity index (χ3n) is 2.38. The van der Waals surface area contributed by atoms with E-state index in [2.05, 4.69) is 10.6 Å². The molecular weight excluding hydrogens is 212 g/mol. The second-order valence-electron chi connectivity index (χ2n) is 3.58. The second-order valence-corrected chi connectivity index (χ2v) is 4.02. The Morgan fingerprint density at radius 1 is 1.40 bits per heavy atom. The van der Waals surface area contributed by atoms with Crippen LogP contribution in [0.1, 0.15) is 0 Å². The maximum Gasteiger partial charge on any atom is 0.0872 e. The van der Waals surface area contributed by atoms with Gasteiger partial charge in [-0.15, -0.1) is 0 Å². The van der Waals surface area contributed by atoms with E-state index in [4.69, 9.17) is 16.3 Å². The van der Waals surface area contributed by atoms with Gasteiger partial charge in [0.15, 0.2) is 0 Å². The van der Waals surface area contributed by atoms with Gasteiger partial charge in [-0.2, -0.15) is 0 Å². The van der Waals surface area contributed by atoms with Gasteiger partial charge < -0.3 is 15.4 Å². The Morgan fingerprint density at radius 3 is 2.87 bits per heavy atom. The first-order valence-electron chi connectivity index (χ1n) is 5.16. The number of benzene rings is 1. The molecule has 1 heterocycles. The number of morpholine rings is 1. The lowest BCUT2D eigenvalue weighted by Crippen LogP contribution is -2.42. The molecular formula is C11H15ClN2O. The fraction of sp³-hybridized carbons (Fsp3) is 0.455. The van der Waals surface area contributed by atoms with Crippen LogP contribution in [0, 0.1) is 0 Å². The zero-order valence-corrected chi connectivity index (χ0v) is 9.26. The Morgan fingerprint density at radius 2 is 2.20 bits per heavy atom. The van der Waals surface area contributed by atoms with E-state index in [0.717, 1.165) is 37.0 Å². The highest BCUT2D eigenvalue weighted by atomic mass is 35.5. The van der Waals surface area contributed by atoms with Crippen molar-refractivity contribution < 1.29 is 4.74 Å². The summed E-state index contributed by atoms with van der Waals surface area (Å²) in [4.78, 5) is 0. The van der Waals surface area contributed by atoms with Crippen LogP contribution in [0.5, 0.6) is 0 Å². The molecule has 1 aliphatic heterocycles. The van der Waals surface area contributed by atoms with Crippen molar-refractivity contribution in [1.82, 2.24) is 5.32 Å². The maximum absolute atomic E-state index is 5.80. The first-order valence-corrected chi connectivity index (χ1v) is 5.54. The van der Waals surface area contributed by atoms with Gasteiger partial charge in [0.25, 0.3) is 0 Å². The average molecular weight is 227 g/mol. The van der Waals surface area contributed by atoms with Crippen LogP contribution in [-0.2, 0) is 4.74 Å². The maximum atomic E-state index is 5.80. The topological polar surface area (TPSA) is 33.3 Å². The summed E-state index contributed by atoms with van der Waals surface area (Å²) < 4.78 is 5.57. The molecule has 1 aromatic carbocycles. The first-order chi connectivity index (χ1) is 7.34. The molecule has 1 unspecified atom stereocenters. The Bertz CT molecular complexity index is 296. The van der Waals surface area contributed by atoms with Crippen molar-refractivity contribution in [3.63, 3.8) is 0 Å². The Labute approximate surface area is 94.8 Å². The lowest BCUT2D eigenvalue weighted by molar-refractivity contribution is 0.0372. The number of rotatable bonds is 3. The molecule has 2 N–H and O–H groups in total. The van der Waals surface area contributed by atoms with Crippen LogP contribution in [0.3, 0.4) is 0 Å². The Hall–Kier alpha value is -0.770. The minimum atomic E-state index is 0.259. The van der Waals surface area contributed by atoms with Crippen molar-refractivity contribution in [1.29, 1.82) is 0 Å². The van der Waals surface area contributed by atoms with Gasteiger partial charge >= 0.3 is 0 Å². The van der Waals surface area contributed by atoms with Gasteiger partial charge in [0.1, 0.15) is 0 Å². The van der Waals surface area contributed by atoms with Gasteiger partial charge in [-0.05, 0) is 24.3 Å². The van der Waals surface area contributed by atoms with Gasteiger partial charge in [-0.25, -0.2) is 0 Å². The van der Waals surface area contributed by atoms with Crippen LogP contribution < -0.4 is 10.6 Å². The lowest BCUT2D eigenvalue weighted by atomic mass is 10.2. The van der Waals surface area contributed by atoms with Crippen LogP contribution in [0.2, 0.25) is 5.02 Å². The smallest absolute Gasteiger partial charge is 0.0872 e. The van der Waals surface area contributed by atoms with Crippen molar-refractivity contribution in [3.05, 3.63) is 29.3 Å². The van der Waals surface area contributed by atoms with Crippen molar-refractivity contribution >= 4 is 17.3 Å². The molecule has 0 bridgehead atoms. The monoisotopic (exact) mass is 226 g/mol. The van der Waals surface area contributed by atoms with Gasteiger partial charge in [0.05, 0.1) is 12.7 Å². The molecule has 1 atom stereocenters. The largest absolute Gasteiger partial charge is 0.382 e. The molecule has 2 rings (SSSR count). The minimum absolute atomic E-state index is 0.259. The van der Waals surface area contributed by atoms with Gasteiger partial charge in [0.2, 0.25) is 0 Å². The van der Waals surface area contributed by atoms with E-state index in [0.29, 0.717) is 0 Å². The summed E-state index contributed by atoms with van der Waals surface area (Å²) in [6.45, 7) is 3.50. The van der Waals surface area contributed by atoms with Crippen molar-refractivity contribution in [2.75, 3.05) is 31.6 Å². The zero-order chi connectivity index (χ0) is 10.5. The predicted molar refractivity (Wildman–Crippen MR) is 62.6 cm³/mol. The summed E-state index contributed by atoms with van der Waals surface area (Å²) in [5.41, 5.74) is 1.08.